The smallest absolute Gasteiger partial charge is 0.268 e. The highest BCUT2D eigenvalue weighted by atomic mass is 32.1. The van der Waals surface area contributed by atoms with Gasteiger partial charge in [0.25, 0.3) is 5.91 Å². The van der Waals surface area contributed by atoms with Crippen LogP contribution in [0.4, 0.5) is 5.69 Å². The van der Waals surface area contributed by atoms with Crippen LogP contribution < -0.4 is 15.7 Å². The van der Waals surface area contributed by atoms with Crippen LogP contribution in [0.3, 0.4) is 0 Å². The quantitative estimate of drug-likeness (QED) is 0.268. The zero-order chi connectivity index (χ0) is 23.0. The van der Waals surface area contributed by atoms with Gasteiger partial charge in [-0.25, -0.2) is 5.48 Å². The fraction of sp³-hybridized carbons (Fsp3) is 0.385. The second-order valence-electron chi connectivity index (χ2n) is 8.59. The average Bonchev–Trinajstić information content (AvgIpc) is 3.55. The van der Waals surface area contributed by atoms with Crippen molar-refractivity contribution in [3.05, 3.63) is 70.4 Å². The van der Waals surface area contributed by atoms with Crippen molar-refractivity contribution < 1.29 is 14.8 Å². The second kappa shape index (κ2) is 11.4. The molecule has 2 aliphatic rings. The van der Waals surface area contributed by atoms with E-state index in [9.17, 15) is 9.59 Å². The monoisotopic (exact) mass is 465 g/mol. The van der Waals surface area contributed by atoms with Crippen molar-refractivity contribution in [2.45, 2.75) is 44.6 Å². The van der Waals surface area contributed by atoms with Gasteiger partial charge < -0.3 is 10.2 Å². The molecule has 2 heterocycles. The summed E-state index contributed by atoms with van der Waals surface area (Å²) in [6.07, 6.45) is 11.7. The molecule has 6 nitrogen and oxygen atoms in total. The maximum absolute atomic E-state index is 13.2. The molecule has 2 aromatic rings. The number of unbranched alkanes of at least 4 members (excludes halogenated alkanes) is 3. The first-order valence-corrected chi connectivity index (χ1v) is 12.6. The summed E-state index contributed by atoms with van der Waals surface area (Å²) in [6, 6.07) is 12.5. The lowest BCUT2D eigenvalue weighted by atomic mass is 9.90. The molecule has 3 N–H and O–H groups in total. The van der Waals surface area contributed by atoms with Crippen LogP contribution in [0.25, 0.3) is 5.57 Å². The van der Waals surface area contributed by atoms with Gasteiger partial charge >= 0.3 is 0 Å². The molecule has 1 saturated heterocycles. The molecule has 1 aliphatic carbocycles. The lowest BCUT2D eigenvalue weighted by molar-refractivity contribution is -0.129. The van der Waals surface area contributed by atoms with E-state index < -0.39 is 0 Å². The van der Waals surface area contributed by atoms with Crippen molar-refractivity contribution in [2.75, 3.05) is 18.0 Å². The lowest BCUT2D eigenvalue weighted by Crippen LogP contribution is -2.31. The topological polar surface area (TPSA) is 81.7 Å². The highest BCUT2D eigenvalue weighted by Gasteiger charge is 2.25. The number of rotatable bonds is 10. The van der Waals surface area contributed by atoms with Gasteiger partial charge in [0.2, 0.25) is 5.91 Å². The molecule has 33 heavy (non-hydrogen) atoms. The minimum atomic E-state index is -0.355. The van der Waals surface area contributed by atoms with Crippen molar-refractivity contribution in [3.8, 4) is 0 Å². The Labute approximate surface area is 199 Å². The zero-order valence-electron chi connectivity index (χ0n) is 18.7. The molecule has 7 heteroatoms. The van der Waals surface area contributed by atoms with Gasteiger partial charge in [0.05, 0.1) is 4.88 Å². The van der Waals surface area contributed by atoms with Gasteiger partial charge in [-0.05, 0) is 66.4 Å². The average molecular weight is 466 g/mol. The van der Waals surface area contributed by atoms with Crippen molar-refractivity contribution in [3.63, 3.8) is 0 Å². The van der Waals surface area contributed by atoms with Crippen LogP contribution in [-0.2, 0) is 4.79 Å². The summed E-state index contributed by atoms with van der Waals surface area (Å²) < 4.78 is 0. The normalized spacial score (nSPS) is 19.1. The largest absolute Gasteiger partial charge is 0.310 e. The Morgan fingerprint density at radius 1 is 1.12 bits per heavy atom. The van der Waals surface area contributed by atoms with Crippen LogP contribution in [0.5, 0.6) is 0 Å². The van der Waals surface area contributed by atoms with E-state index >= 15 is 0 Å². The third-order valence-electron chi connectivity index (χ3n) is 6.35. The van der Waals surface area contributed by atoms with Crippen LogP contribution in [0.2, 0.25) is 0 Å². The second-order valence-corrected chi connectivity index (χ2v) is 9.54. The number of nitrogens with one attached hydrogen (secondary N) is 2. The number of anilines is 1. The van der Waals surface area contributed by atoms with Gasteiger partial charge in [0, 0.05) is 24.7 Å². The molecule has 2 atom stereocenters. The molecule has 174 valence electrons. The predicted molar refractivity (Wildman–Crippen MR) is 132 cm³/mol. The van der Waals surface area contributed by atoms with E-state index in [0.29, 0.717) is 24.9 Å². The number of amides is 2. The third kappa shape index (κ3) is 5.99. The molecular weight excluding hydrogens is 434 g/mol. The Kier molecular flexibility index (Phi) is 8.10. The van der Waals surface area contributed by atoms with Gasteiger partial charge in [0.15, 0.2) is 0 Å². The van der Waals surface area contributed by atoms with Crippen molar-refractivity contribution in [1.82, 2.24) is 10.8 Å². The summed E-state index contributed by atoms with van der Waals surface area (Å²) in [5.74, 6) is 0.267. The number of nitrogens with zero attached hydrogens (tertiary/aromatic N) is 1. The number of fused-ring (bicyclic) bond motifs is 1. The minimum Gasteiger partial charge on any atom is -0.310 e. The van der Waals surface area contributed by atoms with E-state index in [4.69, 9.17) is 5.21 Å². The summed E-state index contributed by atoms with van der Waals surface area (Å²) in [5.41, 5.74) is 4.94. The Bertz CT molecular complexity index is 998. The highest BCUT2D eigenvalue weighted by molar-refractivity contribution is 7.12. The van der Waals surface area contributed by atoms with Crippen LogP contribution in [-0.4, -0.2) is 36.2 Å². The molecule has 1 fully saturated rings. The maximum atomic E-state index is 13.2. The summed E-state index contributed by atoms with van der Waals surface area (Å²) >= 11 is 1.46. The number of hydrogen-bond donors (Lipinski definition) is 3. The molecule has 1 aromatic carbocycles. The van der Waals surface area contributed by atoms with E-state index in [-0.39, 0.29) is 11.8 Å². The number of carbonyl (C=O) groups is 2. The Hall–Kier alpha value is -2.74. The first-order valence-electron chi connectivity index (χ1n) is 11.7. The van der Waals surface area contributed by atoms with Crippen LogP contribution >= 0.6 is 11.3 Å². The van der Waals surface area contributed by atoms with Crippen molar-refractivity contribution in [1.29, 1.82) is 0 Å². The van der Waals surface area contributed by atoms with E-state index in [1.54, 1.807) is 5.48 Å². The molecule has 1 aliphatic heterocycles. The maximum Gasteiger partial charge on any atom is 0.268 e. The molecule has 0 saturated carbocycles. The van der Waals surface area contributed by atoms with Crippen LogP contribution in [0.1, 0.15) is 53.8 Å². The molecule has 1 aromatic heterocycles. The number of benzene rings is 1. The molecule has 0 radical (unpaired) electrons. The number of hydrogen-bond acceptors (Lipinski definition) is 5. The molecule has 4 rings (SSSR count). The summed E-state index contributed by atoms with van der Waals surface area (Å²) in [6.45, 7) is 1.69. The number of allylic oxidation sites excluding steroid dienone is 2. The number of carbonyl (C=O) groups excluding carboxylic acids is 2. The minimum absolute atomic E-state index is 0.0205. The van der Waals surface area contributed by atoms with Crippen LogP contribution in [0, 0.1) is 5.92 Å². The Morgan fingerprint density at radius 3 is 2.70 bits per heavy atom. The SMILES string of the molecule is O=C(CCCCCCN(C(=O)c1cccs1)c1ccc(C2=CC3NCCC3C=C2)cc1)NO. The van der Waals surface area contributed by atoms with Crippen molar-refractivity contribution >= 4 is 34.4 Å². The van der Waals surface area contributed by atoms with Gasteiger partial charge in [-0.3, -0.25) is 14.8 Å². The molecular formula is C26H31N3O3S. The summed E-state index contributed by atoms with van der Waals surface area (Å²) in [5, 5.41) is 14.1. The fourth-order valence-corrected chi connectivity index (χ4v) is 5.17. The summed E-state index contributed by atoms with van der Waals surface area (Å²) in [7, 11) is 0. The first kappa shape index (κ1) is 23.4. The standard InChI is InChI=1S/C26H31N3O3S/c30-25(28-32)7-3-1-2-4-16-29(26(31)24-6-5-17-33-24)22-12-10-19(11-13-22)21-9-8-20-14-15-27-23(20)18-21/h5-6,8-13,17-18,20,23,27,32H,1-4,7,14-16H2,(H,28,30). The van der Waals surface area contributed by atoms with E-state index in [1.165, 1.54) is 23.3 Å². The summed E-state index contributed by atoms with van der Waals surface area (Å²) in [4.78, 5) is 26.9. The van der Waals surface area contributed by atoms with E-state index in [2.05, 4.69) is 35.7 Å². The van der Waals surface area contributed by atoms with Gasteiger partial charge in [-0.2, -0.15) is 0 Å². The third-order valence-corrected chi connectivity index (χ3v) is 7.21. The number of thiophene rings is 1. The highest BCUT2D eigenvalue weighted by Crippen LogP contribution is 2.30. The van der Waals surface area contributed by atoms with Gasteiger partial charge in [0.1, 0.15) is 0 Å². The fourth-order valence-electron chi connectivity index (χ4n) is 4.49. The van der Waals surface area contributed by atoms with Gasteiger partial charge in [-0.15, -0.1) is 11.3 Å². The first-order chi connectivity index (χ1) is 16.2. The van der Waals surface area contributed by atoms with E-state index in [1.807, 2.05) is 34.5 Å². The van der Waals surface area contributed by atoms with Crippen LogP contribution in [0.15, 0.2) is 60.0 Å². The Morgan fingerprint density at radius 2 is 1.94 bits per heavy atom. The number of hydroxylamine groups is 1. The zero-order valence-corrected chi connectivity index (χ0v) is 19.5. The van der Waals surface area contributed by atoms with Gasteiger partial charge in [-0.1, -0.05) is 49.3 Å². The lowest BCUT2D eigenvalue weighted by Gasteiger charge is -2.23. The molecule has 0 spiro atoms. The Balaban J connectivity index is 1.41. The van der Waals surface area contributed by atoms with E-state index in [0.717, 1.165) is 48.4 Å². The molecule has 2 amide bonds. The molecule has 0 bridgehead atoms. The predicted octanol–water partition coefficient (Wildman–Crippen LogP) is 4.78. The van der Waals surface area contributed by atoms with Crippen molar-refractivity contribution in [2.24, 2.45) is 5.92 Å². The molecule has 2 unspecified atom stereocenters.